The number of amides is 1. The first kappa shape index (κ1) is 21.8. The Labute approximate surface area is 177 Å². The lowest BCUT2D eigenvalue weighted by molar-refractivity contribution is -0.146. The molecule has 2 aromatic carbocycles. The van der Waals surface area contributed by atoms with Gasteiger partial charge >= 0.3 is 12.1 Å². The molecular weight excluding hydrogens is 382 g/mol. The maximum absolute atomic E-state index is 13.0. The van der Waals surface area contributed by atoms with E-state index in [1.807, 2.05) is 24.3 Å². The molecule has 0 bridgehead atoms. The Morgan fingerprint density at radius 2 is 1.53 bits per heavy atom. The van der Waals surface area contributed by atoms with Crippen LogP contribution in [0.25, 0.3) is 11.1 Å². The highest BCUT2D eigenvalue weighted by Gasteiger charge is 2.38. The van der Waals surface area contributed by atoms with Crippen molar-refractivity contribution >= 4 is 12.1 Å². The summed E-state index contributed by atoms with van der Waals surface area (Å²) in [6.07, 6.45) is -0.623. The van der Waals surface area contributed by atoms with E-state index in [0.29, 0.717) is 0 Å². The van der Waals surface area contributed by atoms with Gasteiger partial charge in [-0.2, -0.15) is 0 Å². The SMILES string of the molecule is COCC(C)C(C(=O)O)N(C(=O)OCC1c2ccccc2-c2ccccc21)C(C)C. The molecule has 0 saturated heterocycles. The molecule has 6 nitrogen and oxygen atoms in total. The Kier molecular flexibility index (Phi) is 6.77. The molecule has 6 heteroatoms. The predicted octanol–water partition coefficient (Wildman–Crippen LogP) is 4.38. The molecule has 30 heavy (non-hydrogen) atoms. The van der Waals surface area contributed by atoms with Crippen molar-refractivity contribution in [3.05, 3.63) is 59.7 Å². The molecule has 1 aliphatic rings. The molecule has 1 aliphatic carbocycles. The number of carbonyl (C=O) groups excluding carboxylic acids is 1. The molecule has 0 heterocycles. The lowest BCUT2D eigenvalue weighted by atomic mass is 9.98. The van der Waals surface area contributed by atoms with Gasteiger partial charge in [0.1, 0.15) is 12.6 Å². The van der Waals surface area contributed by atoms with Crippen LogP contribution in [0, 0.1) is 5.92 Å². The van der Waals surface area contributed by atoms with Crippen molar-refractivity contribution in [3.63, 3.8) is 0 Å². The van der Waals surface area contributed by atoms with E-state index in [-0.39, 0.29) is 31.1 Å². The summed E-state index contributed by atoms with van der Waals surface area (Å²) in [5.74, 6) is -1.52. The fraction of sp³-hybridized carbons (Fsp3) is 0.417. The number of nitrogens with zero attached hydrogens (tertiary/aromatic N) is 1. The molecule has 0 radical (unpaired) electrons. The van der Waals surface area contributed by atoms with Crippen LogP contribution in [-0.2, 0) is 14.3 Å². The predicted molar refractivity (Wildman–Crippen MR) is 115 cm³/mol. The summed E-state index contributed by atoms with van der Waals surface area (Å²) in [6, 6.07) is 14.8. The van der Waals surface area contributed by atoms with Crippen LogP contribution < -0.4 is 0 Å². The van der Waals surface area contributed by atoms with Gasteiger partial charge in [0.15, 0.2) is 0 Å². The minimum absolute atomic E-state index is 0.0740. The van der Waals surface area contributed by atoms with Crippen molar-refractivity contribution in [1.29, 1.82) is 0 Å². The number of benzene rings is 2. The Morgan fingerprint density at radius 3 is 2.00 bits per heavy atom. The van der Waals surface area contributed by atoms with Crippen molar-refractivity contribution in [2.45, 2.75) is 38.8 Å². The van der Waals surface area contributed by atoms with Gasteiger partial charge in [0, 0.05) is 25.0 Å². The number of methoxy groups -OCH3 is 1. The minimum atomic E-state index is -1.07. The molecule has 2 aromatic rings. The van der Waals surface area contributed by atoms with E-state index in [2.05, 4.69) is 24.3 Å². The maximum atomic E-state index is 13.0. The van der Waals surface area contributed by atoms with Crippen molar-refractivity contribution in [1.82, 2.24) is 4.90 Å². The van der Waals surface area contributed by atoms with Gasteiger partial charge in [-0.15, -0.1) is 0 Å². The van der Waals surface area contributed by atoms with E-state index >= 15 is 0 Å². The standard InChI is InChI=1S/C24H29NO5/c1-15(2)25(22(23(26)27)16(3)13-29-4)24(28)30-14-21-19-11-7-5-9-17(19)18-10-6-8-12-20(18)21/h5-12,15-16,21-22H,13-14H2,1-4H3,(H,26,27). The number of aliphatic carboxylic acids is 1. The van der Waals surface area contributed by atoms with E-state index in [0.717, 1.165) is 22.3 Å². The molecule has 2 unspecified atom stereocenters. The summed E-state index contributed by atoms with van der Waals surface area (Å²) in [5.41, 5.74) is 4.52. The highest BCUT2D eigenvalue weighted by atomic mass is 16.6. The van der Waals surface area contributed by atoms with E-state index in [1.54, 1.807) is 20.8 Å². The summed E-state index contributed by atoms with van der Waals surface area (Å²) >= 11 is 0. The molecule has 160 valence electrons. The summed E-state index contributed by atoms with van der Waals surface area (Å²) in [6.45, 7) is 5.72. The van der Waals surface area contributed by atoms with Gasteiger partial charge in [-0.1, -0.05) is 55.5 Å². The zero-order chi connectivity index (χ0) is 21.8. The van der Waals surface area contributed by atoms with Gasteiger partial charge in [0.25, 0.3) is 0 Å². The minimum Gasteiger partial charge on any atom is -0.480 e. The second-order valence-corrected chi connectivity index (χ2v) is 8.02. The summed E-state index contributed by atoms with van der Waals surface area (Å²) in [7, 11) is 1.52. The third-order valence-electron chi connectivity index (χ3n) is 5.62. The Morgan fingerprint density at radius 1 is 1.00 bits per heavy atom. The number of carboxylic acid groups (broad SMARTS) is 1. The lowest BCUT2D eigenvalue weighted by Crippen LogP contribution is -2.53. The van der Waals surface area contributed by atoms with Crippen molar-refractivity contribution in [2.75, 3.05) is 20.3 Å². The van der Waals surface area contributed by atoms with Crippen LogP contribution in [0.4, 0.5) is 4.79 Å². The third kappa shape index (κ3) is 4.19. The molecule has 0 fully saturated rings. The first-order chi connectivity index (χ1) is 14.4. The molecule has 1 N–H and O–H groups in total. The van der Waals surface area contributed by atoms with Gasteiger partial charge in [0.2, 0.25) is 0 Å². The largest absolute Gasteiger partial charge is 0.480 e. The molecule has 1 amide bonds. The molecule has 2 atom stereocenters. The number of hydrogen-bond donors (Lipinski definition) is 1. The van der Waals surface area contributed by atoms with Gasteiger partial charge in [-0.3, -0.25) is 4.90 Å². The molecular formula is C24H29NO5. The third-order valence-corrected chi connectivity index (χ3v) is 5.62. The van der Waals surface area contributed by atoms with Crippen LogP contribution in [0.2, 0.25) is 0 Å². The lowest BCUT2D eigenvalue weighted by Gasteiger charge is -2.35. The Bertz CT molecular complexity index is 864. The molecule has 0 aliphatic heterocycles. The van der Waals surface area contributed by atoms with Crippen molar-refractivity contribution in [2.24, 2.45) is 5.92 Å². The van der Waals surface area contributed by atoms with Gasteiger partial charge in [0.05, 0.1) is 6.61 Å². The fourth-order valence-corrected chi connectivity index (χ4v) is 4.30. The Hall–Kier alpha value is -2.86. The maximum Gasteiger partial charge on any atom is 0.410 e. The van der Waals surface area contributed by atoms with Crippen LogP contribution >= 0.6 is 0 Å². The zero-order valence-electron chi connectivity index (χ0n) is 17.9. The summed E-state index contributed by atoms with van der Waals surface area (Å²) in [5, 5.41) is 9.77. The average molecular weight is 411 g/mol. The number of ether oxygens (including phenoxy) is 2. The summed E-state index contributed by atoms with van der Waals surface area (Å²) < 4.78 is 10.8. The quantitative estimate of drug-likeness (QED) is 0.698. The second-order valence-electron chi connectivity index (χ2n) is 8.02. The van der Waals surface area contributed by atoms with Crippen LogP contribution in [0.15, 0.2) is 48.5 Å². The van der Waals surface area contributed by atoms with E-state index in [4.69, 9.17) is 9.47 Å². The van der Waals surface area contributed by atoms with Gasteiger partial charge in [-0.25, -0.2) is 9.59 Å². The van der Waals surface area contributed by atoms with Crippen molar-refractivity contribution < 1.29 is 24.2 Å². The van der Waals surface area contributed by atoms with Gasteiger partial charge in [-0.05, 0) is 36.1 Å². The number of carboxylic acids is 1. The van der Waals surface area contributed by atoms with Crippen molar-refractivity contribution in [3.8, 4) is 11.1 Å². The number of carbonyl (C=O) groups is 2. The number of rotatable bonds is 8. The van der Waals surface area contributed by atoms with E-state index in [1.165, 1.54) is 12.0 Å². The molecule has 0 spiro atoms. The second kappa shape index (κ2) is 9.30. The molecule has 3 rings (SSSR count). The monoisotopic (exact) mass is 411 g/mol. The van der Waals surface area contributed by atoms with E-state index < -0.39 is 18.1 Å². The number of fused-ring (bicyclic) bond motifs is 3. The molecule has 0 saturated carbocycles. The van der Waals surface area contributed by atoms with Crippen LogP contribution in [-0.4, -0.2) is 54.5 Å². The Balaban J connectivity index is 1.82. The highest BCUT2D eigenvalue weighted by molar-refractivity contribution is 5.81. The number of hydrogen-bond acceptors (Lipinski definition) is 4. The van der Waals surface area contributed by atoms with Gasteiger partial charge < -0.3 is 14.6 Å². The van der Waals surface area contributed by atoms with E-state index in [9.17, 15) is 14.7 Å². The first-order valence-corrected chi connectivity index (χ1v) is 10.2. The molecule has 0 aromatic heterocycles. The smallest absolute Gasteiger partial charge is 0.410 e. The van der Waals surface area contributed by atoms with Crippen LogP contribution in [0.3, 0.4) is 0 Å². The highest BCUT2D eigenvalue weighted by Crippen LogP contribution is 2.44. The first-order valence-electron chi connectivity index (χ1n) is 10.2. The fourth-order valence-electron chi connectivity index (χ4n) is 4.30. The topological polar surface area (TPSA) is 76.1 Å². The average Bonchev–Trinajstić information content (AvgIpc) is 3.03. The van der Waals surface area contributed by atoms with Crippen LogP contribution in [0.1, 0.15) is 37.8 Å². The zero-order valence-corrected chi connectivity index (χ0v) is 17.9. The normalized spacial score (nSPS) is 14.7. The summed E-state index contributed by atoms with van der Waals surface area (Å²) in [4.78, 5) is 26.3. The van der Waals surface area contributed by atoms with Crippen LogP contribution in [0.5, 0.6) is 0 Å².